The molecule has 0 saturated heterocycles. The van der Waals surface area contributed by atoms with Crippen LogP contribution < -0.4 is 0 Å². The van der Waals surface area contributed by atoms with Gasteiger partial charge in [-0.1, -0.05) is 11.6 Å². The van der Waals surface area contributed by atoms with Crippen molar-refractivity contribution in [3.63, 3.8) is 0 Å². The normalized spacial score (nSPS) is 12.6. The molecular weight excluding hydrogens is 343 g/mol. The summed E-state index contributed by atoms with van der Waals surface area (Å²) >= 11 is 6.23. The molecule has 1 unspecified atom stereocenters. The van der Waals surface area contributed by atoms with Gasteiger partial charge in [-0.2, -0.15) is 10.2 Å². The summed E-state index contributed by atoms with van der Waals surface area (Å²) in [5, 5.41) is 19.2. The molecule has 1 N–H and O–H groups in total. The SMILES string of the molecule is CCn1cc(Cc2cc(C)nn2-c2ccc(F)cc2C(C)O)c(Cl)n1. The molecule has 1 atom stereocenters. The molecule has 132 valence electrons. The Kier molecular flexibility index (Phi) is 4.92. The average Bonchev–Trinajstić information content (AvgIpc) is 3.10. The highest BCUT2D eigenvalue weighted by Crippen LogP contribution is 2.26. The van der Waals surface area contributed by atoms with Crippen LogP contribution in [0.25, 0.3) is 5.69 Å². The fourth-order valence-corrected chi connectivity index (χ4v) is 3.07. The second-order valence-corrected chi connectivity index (χ2v) is 6.40. The van der Waals surface area contributed by atoms with Crippen LogP contribution in [0.4, 0.5) is 4.39 Å². The van der Waals surface area contributed by atoms with Crippen molar-refractivity contribution in [3.05, 3.63) is 63.9 Å². The summed E-state index contributed by atoms with van der Waals surface area (Å²) in [5.74, 6) is -0.391. The number of aryl methyl sites for hydroxylation is 2. The minimum atomic E-state index is -0.811. The molecule has 0 saturated carbocycles. The Bertz CT molecular complexity index is 901. The molecule has 0 aliphatic heterocycles. The van der Waals surface area contributed by atoms with E-state index in [1.54, 1.807) is 22.4 Å². The molecule has 3 rings (SSSR count). The maximum absolute atomic E-state index is 13.6. The lowest BCUT2D eigenvalue weighted by Gasteiger charge is -2.14. The highest BCUT2D eigenvalue weighted by molar-refractivity contribution is 6.30. The van der Waals surface area contributed by atoms with E-state index in [4.69, 9.17) is 11.6 Å². The first-order valence-electron chi connectivity index (χ1n) is 8.14. The van der Waals surface area contributed by atoms with E-state index in [9.17, 15) is 9.50 Å². The van der Waals surface area contributed by atoms with Crippen LogP contribution in [0.2, 0.25) is 5.15 Å². The molecule has 0 bridgehead atoms. The largest absolute Gasteiger partial charge is 0.389 e. The molecule has 7 heteroatoms. The summed E-state index contributed by atoms with van der Waals surface area (Å²) < 4.78 is 17.1. The molecule has 0 spiro atoms. The summed E-state index contributed by atoms with van der Waals surface area (Å²) in [5.41, 5.74) is 3.75. The first kappa shape index (κ1) is 17.6. The van der Waals surface area contributed by atoms with Crippen molar-refractivity contribution >= 4 is 11.6 Å². The third kappa shape index (κ3) is 3.60. The number of aromatic nitrogens is 4. The second kappa shape index (κ2) is 6.98. The van der Waals surface area contributed by atoms with E-state index in [0.29, 0.717) is 22.8 Å². The van der Waals surface area contributed by atoms with Gasteiger partial charge in [0.1, 0.15) is 5.82 Å². The number of rotatable bonds is 5. The van der Waals surface area contributed by atoms with Gasteiger partial charge >= 0.3 is 0 Å². The minimum Gasteiger partial charge on any atom is -0.389 e. The van der Waals surface area contributed by atoms with Gasteiger partial charge in [0.25, 0.3) is 0 Å². The van der Waals surface area contributed by atoms with Gasteiger partial charge in [0.2, 0.25) is 0 Å². The van der Waals surface area contributed by atoms with Gasteiger partial charge in [-0.05, 0) is 45.0 Å². The molecule has 2 aromatic heterocycles. The maximum Gasteiger partial charge on any atom is 0.154 e. The Morgan fingerprint density at radius 2 is 2.04 bits per heavy atom. The number of aliphatic hydroxyl groups excluding tert-OH is 1. The lowest BCUT2D eigenvalue weighted by molar-refractivity contribution is 0.198. The van der Waals surface area contributed by atoms with E-state index < -0.39 is 11.9 Å². The first-order valence-corrected chi connectivity index (χ1v) is 8.52. The van der Waals surface area contributed by atoms with Crippen LogP contribution in [0.15, 0.2) is 30.5 Å². The van der Waals surface area contributed by atoms with Crippen LogP contribution >= 0.6 is 11.6 Å². The number of benzene rings is 1. The Labute approximate surface area is 150 Å². The maximum atomic E-state index is 13.6. The molecule has 0 amide bonds. The topological polar surface area (TPSA) is 55.9 Å². The lowest BCUT2D eigenvalue weighted by Crippen LogP contribution is -2.08. The Morgan fingerprint density at radius 3 is 2.68 bits per heavy atom. The standard InChI is InChI=1S/C18H20ClFN4O/c1-4-23-10-13(18(19)22-23)8-15-7-11(2)21-24(15)17-6-5-14(20)9-16(17)12(3)25/h5-7,9-10,12,25H,4,8H2,1-3H3. The van der Waals surface area contributed by atoms with E-state index in [2.05, 4.69) is 10.2 Å². The Balaban J connectivity index is 2.06. The van der Waals surface area contributed by atoms with Crippen LogP contribution in [0.5, 0.6) is 0 Å². The summed E-state index contributed by atoms with van der Waals surface area (Å²) in [6, 6.07) is 6.28. The molecule has 3 aromatic rings. The molecule has 1 aromatic carbocycles. The minimum absolute atomic E-state index is 0.391. The van der Waals surface area contributed by atoms with Crippen molar-refractivity contribution in [2.75, 3.05) is 0 Å². The van der Waals surface area contributed by atoms with Gasteiger partial charge in [0.05, 0.1) is 17.5 Å². The van der Waals surface area contributed by atoms with Crippen LogP contribution in [-0.4, -0.2) is 24.7 Å². The first-order chi connectivity index (χ1) is 11.9. The van der Waals surface area contributed by atoms with Crippen LogP contribution in [0.1, 0.15) is 42.5 Å². The van der Waals surface area contributed by atoms with E-state index >= 15 is 0 Å². The van der Waals surface area contributed by atoms with Gasteiger partial charge < -0.3 is 5.11 Å². The highest BCUT2D eigenvalue weighted by Gasteiger charge is 2.17. The Hall–Kier alpha value is -2.18. The number of halogens is 2. The van der Waals surface area contributed by atoms with Crippen LogP contribution in [-0.2, 0) is 13.0 Å². The lowest BCUT2D eigenvalue weighted by atomic mass is 10.1. The zero-order valence-electron chi connectivity index (χ0n) is 14.4. The summed E-state index contributed by atoms with van der Waals surface area (Å²) in [4.78, 5) is 0. The molecule has 25 heavy (non-hydrogen) atoms. The quantitative estimate of drug-likeness (QED) is 0.750. The predicted molar refractivity (Wildman–Crippen MR) is 94.6 cm³/mol. The predicted octanol–water partition coefficient (Wildman–Crippen LogP) is 3.83. The average molecular weight is 363 g/mol. The van der Waals surface area contributed by atoms with Gasteiger partial charge in [-0.25, -0.2) is 9.07 Å². The van der Waals surface area contributed by atoms with Crippen LogP contribution in [0.3, 0.4) is 0 Å². The molecule has 0 aliphatic carbocycles. The van der Waals surface area contributed by atoms with Gasteiger partial charge in [-0.15, -0.1) is 0 Å². The van der Waals surface area contributed by atoms with E-state index in [1.165, 1.54) is 12.1 Å². The van der Waals surface area contributed by atoms with E-state index in [1.807, 2.05) is 26.1 Å². The molecule has 0 fully saturated rings. The van der Waals surface area contributed by atoms with Gasteiger partial charge in [-0.3, -0.25) is 4.68 Å². The smallest absolute Gasteiger partial charge is 0.154 e. The molecular formula is C18H20ClFN4O. The van der Waals surface area contributed by atoms with Crippen molar-refractivity contribution in [2.24, 2.45) is 0 Å². The van der Waals surface area contributed by atoms with Crippen molar-refractivity contribution in [1.29, 1.82) is 0 Å². The third-order valence-corrected chi connectivity index (χ3v) is 4.37. The fourth-order valence-electron chi connectivity index (χ4n) is 2.86. The number of hydrogen-bond donors (Lipinski definition) is 1. The summed E-state index contributed by atoms with van der Waals surface area (Å²) in [6.07, 6.45) is 1.64. The van der Waals surface area contributed by atoms with Crippen molar-refractivity contribution in [1.82, 2.24) is 19.6 Å². The number of hydrogen-bond acceptors (Lipinski definition) is 3. The highest BCUT2D eigenvalue weighted by atomic mass is 35.5. The van der Waals surface area contributed by atoms with Crippen molar-refractivity contribution in [3.8, 4) is 5.69 Å². The fraction of sp³-hybridized carbons (Fsp3) is 0.333. The van der Waals surface area contributed by atoms with E-state index in [0.717, 1.165) is 23.5 Å². The molecule has 5 nitrogen and oxygen atoms in total. The Morgan fingerprint density at radius 1 is 1.28 bits per heavy atom. The van der Waals surface area contributed by atoms with E-state index in [-0.39, 0.29) is 0 Å². The van der Waals surface area contributed by atoms with Gasteiger partial charge in [0, 0.05) is 36.0 Å². The zero-order valence-corrected chi connectivity index (χ0v) is 15.1. The van der Waals surface area contributed by atoms with Crippen LogP contribution in [0, 0.1) is 12.7 Å². The number of aliphatic hydroxyl groups is 1. The summed E-state index contributed by atoms with van der Waals surface area (Å²) in [6.45, 7) is 6.23. The van der Waals surface area contributed by atoms with Gasteiger partial charge in [0.15, 0.2) is 5.15 Å². The molecule has 2 heterocycles. The van der Waals surface area contributed by atoms with Crippen molar-refractivity contribution in [2.45, 2.75) is 39.8 Å². The number of nitrogens with zero attached hydrogens (tertiary/aromatic N) is 4. The monoisotopic (exact) mass is 362 g/mol. The zero-order chi connectivity index (χ0) is 18.1. The third-order valence-electron chi connectivity index (χ3n) is 4.05. The second-order valence-electron chi connectivity index (χ2n) is 6.05. The molecule has 0 radical (unpaired) electrons. The molecule has 0 aliphatic rings. The summed E-state index contributed by atoms with van der Waals surface area (Å²) in [7, 11) is 0. The van der Waals surface area contributed by atoms with Crippen molar-refractivity contribution < 1.29 is 9.50 Å².